The lowest BCUT2D eigenvalue weighted by atomic mass is 9.98. The number of fused-ring (bicyclic) bond motifs is 6. The van der Waals surface area contributed by atoms with Crippen LogP contribution in [-0.2, 0) is 0 Å². The quantitative estimate of drug-likeness (QED) is 0.161. The van der Waals surface area contributed by atoms with E-state index in [1.165, 1.54) is 32.3 Å². The number of hydrogen-bond acceptors (Lipinski definition) is 3. The highest BCUT2D eigenvalue weighted by atomic mass is 15.1. The van der Waals surface area contributed by atoms with Crippen LogP contribution >= 0.6 is 0 Å². The molecule has 0 aliphatic heterocycles. The molecule has 0 N–H and O–H groups in total. The van der Waals surface area contributed by atoms with Gasteiger partial charge in [0.15, 0.2) is 5.82 Å². The van der Waals surface area contributed by atoms with Crippen LogP contribution in [0.25, 0.3) is 93.7 Å². The summed E-state index contributed by atoms with van der Waals surface area (Å²) >= 11 is 0. The highest BCUT2D eigenvalue weighted by Crippen LogP contribution is 2.45. The van der Waals surface area contributed by atoms with Crippen molar-refractivity contribution in [1.29, 1.82) is 0 Å². The van der Waals surface area contributed by atoms with Gasteiger partial charge in [-0.2, -0.15) is 0 Å². The Labute approximate surface area is 359 Å². The van der Waals surface area contributed by atoms with Gasteiger partial charge in [0.05, 0.1) is 33.6 Å². The standard InChI is InChI=1S/C58H38N4/c1-3-18-41(19-4-1)57-51-26-11-13-27-52(51)59-58(60-57)44-32-35-50-49-34-31-43(37-55(49)61(56(50)38-44)45-22-5-2-6-23-45)48-25-12-14-28-53(48)62(46-33-30-39-16-7-8-20-42(39)36-46)54-29-15-21-40-17-9-10-24-47(40)54/h1-38H. The molecule has 0 fully saturated rings. The number of aromatic nitrogens is 3. The summed E-state index contributed by atoms with van der Waals surface area (Å²) in [4.78, 5) is 12.8. The monoisotopic (exact) mass is 790 g/mol. The molecule has 0 radical (unpaired) electrons. The highest BCUT2D eigenvalue weighted by Gasteiger charge is 2.22. The molecule has 4 nitrogen and oxygen atoms in total. The molecule has 0 saturated heterocycles. The van der Waals surface area contributed by atoms with Gasteiger partial charge in [-0.05, 0) is 76.3 Å². The molecule has 10 aromatic carbocycles. The van der Waals surface area contributed by atoms with E-state index in [9.17, 15) is 0 Å². The van der Waals surface area contributed by atoms with E-state index in [0.29, 0.717) is 5.82 Å². The second kappa shape index (κ2) is 14.7. The van der Waals surface area contributed by atoms with Gasteiger partial charge < -0.3 is 9.47 Å². The van der Waals surface area contributed by atoms with Crippen molar-refractivity contribution in [3.05, 3.63) is 231 Å². The van der Waals surface area contributed by atoms with Gasteiger partial charge in [-0.1, -0.05) is 176 Å². The van der Waals surface area contributed by atoms with E-state index in [0.717, 1.165) is 72.6 Å². The molecule has 62 heavy (non-hydrogen) atoms. The first-order chi connectivity index (χ1) is 30.7. The van der Waals surface area contributed by atoms with Crippen molar-refractivity contribution >= 4 is 71.3 Å². The van der Waals surface area contributed by atoms with E-state index < -0.39 is 0 Å². The molecule has 2 aromatic heterocycles. The molecular weight excluding hydrogens is 753 g/mol. The minimum Gasteiger partial charge on any atom is -0.309 e. The van der Waals surface area contributed by atoms with Crippen molar-refractivity contribution in [2.45, 2.75) is 0 Å². The van der Waals surface area contributed by atoms with Crippen LogP contribution in [0.4, 0.5) is 17.1 Å². The lowest BCUT2D eigenvalue weighted by molar-refractivity contribution is 1.18. The average molecular weight is 791 g/mol. The van der Waals surface area contributed by atoms with Gasteiger partial charge in [0.2, 0.25) is 0 Å². The minimum absolute atomic E-state index is 0.700. The molecule has 0 amide bonds. The normalized spacial score (nSPS) is 11.5. The van der Waals surface area contributed by atoms with Gasteiger partial charge in [-0.15, -0.1) is 0 Å². The van der Waals surface area contributed by atoms with Crippen LogP contribution in [0.5, 0.6) is 0 Å². The van der Waals surface area contributed by atoms with Gasteiger partial charge in [0.25, 0.3) is 0 Å². The predicted octanol–water partition coefficient (Wildman–Crippen LogP) is 15.5. The molecule has 2 heterocycles. The minimum atomic E-state index is 0.700. The third-order valence-electron chi connectivity index (χ3n) is 12.1. The zero-order valence-corrected chi connectivity index (χ0v) is 33.7. The predicted molar refractivity (Wildman–Crippen MR) is 260 cm³/mol. The summed E-state index contributed by atoms with van der Waals surface area (Å²) in [5.41, 5.74) is 12.8. The lowest BCUT2D eigenvalue weighted by Crippen LogP contribution is -2.11. The molecule has 290 valence electrons. The molecule has 0 aliphatic carbocycles. The Kier molecular flexibility index (Phi) is 8.46. The second-order valence-corrected chi connectivity index (χ2v) is 15.8. The zero-order chi connectivity index (χ0) is 41.0. The number of benzene rings is 10. The third kappa shape index (κ3) is 6.00. The fourth-order valence-electron chi connectivity index (χ4n) is 9.24. The van der Waals surface area contributed by atoms with Crippen molar-refractivity contribution in [2.75, 3.05) is 4.90 Å². The second-order valence-electron chi connectivity index (χ2n) is 15.8. The Hall–Kier alpha value is -8.34. The molecular formula is C58H38N4. The number of hydrogen-bond donors (Lipinski definition) is 0. The summed E-state index contributed by atoms with van der Waals surface area (Å²) in [7, 11) is 0. The van der Waals surface area contributed by atoms with E-state index >= 15 is 0 Å². The molecule has 4 heteroatoms. The van der Waals surface area contributed by atoms with Crippen LogP contribution < -0.4 is 4.90 Å². The summed E-state index contributed by atoms with van der Waals surface area (Å²) in [5, 5.41) is 8.20. The van der Waals surface area contributed by atoms with Crippen LogP contribution in [0.2, 0.25) is 0 Å². The molecule has 0 saturated carbocycles. The van der Waals surface area contributed by atoms with Crippen molar-refractivity contribution in [1.82, 2.24) is 14.5 Å². The zero-order valence-electron chi connectivity index (χ0n) is 33.7. The number of nitrogens with zero attached hydrogens (tertiary/aromatic N) is 4. The van der Waals surface area contributed by atoms with E-state index in [2.05, 4.69) is 228 Å². The van der Waals surface area contributed by atoms with Gasteiger partial charge >= 0.3 is 0 Å². The summed E-state index contributed by atoms with van der Waals surface area (Å²) in [5.74, 6) is 0.700. The van der Waals surface area contributed by atoms with Crippen LogP contribution in [0.15, 0.2) is 231 Å². The van der Waals surface area contributed by atoms with Crippen molar-refractivity contribution < 1.29 is 0 Å². The largest absolute Gasteiger partial charge is 0.309 e. The Bertz CT molecular complexity index is 3640. The first-order valence-corrected chi connectivity index (χ1v) is 21.1. The lowest BCUT2D eigenvalue weighted by Gasteiger charge is -2.29. The number of para-hydroxylation sites is 3. The fourth-order valence-corrected chi connectivity index (χ4v) is 9.24. The summed E-state index contributed by atoms with van der Waals surface area (Å²) in [6, 6.07) is 82.4. The van der Waals surface area contributed by atoms with Crippen LogP contribution in [0, 0.1) is 0 Å². The van der Waals surface area contributed by atoms with Gasteiger partial charge in [0, 0.05) is 49.6 Å². The first kappa shape index (κ1) is 35.6. The molecule has 0 bridgehead atoms. The van der Waals surface area contributed by atoms with E-state index in [1.807, 2.05) is 12.1 Å². The van der Waals surface area contributed by atoms with Crippen LogP contribution in [0.1, 0.15) is 0 Å². The Morgan fingerprint density at radius 3 is 1.79 bits per heavy atom. The smallest absolute Gasteiger partial charge is 0.160 e. The van der Waals surface area contributed by atoms with Crippen LogP contribution in [0.3, 0.4) is 0 Å². The molecule has 12 rings (SSSR count). The maximum Gasteiger partial charge on any atom is 0.160 e. The first-order valence-electron chi connectivity index (χ1n) is 21.1. The summed E-state index contributed by atoms with van der Waals surface area (Å²) in [6.07, 6.45) is 0. The molecule has 12 aromatic rings. The maximum atomic E-state index is 5.25. The van der Waals surface area contributed by atoms with Gasteiger partial charge in [-0.25, -0.2) is 9.97 Å². The van der Waals surface area contributed by atoms with E-state index in [4.69, 9.17) is 9.97 Å². The Morgan fingerprint density at radius 2 is 0.968 bits per heavy atom. The van der Waals surface area contributed by atoms with E-state index in [-0.39, 0.29) is 0 Å². The van der Waals surface area contributed by atoms with Crippen molar-refractivity contribution in [3.8, 4) is 39.5 Å². The maximum absolute atomic E-state index is 5.25. The average Bonchev–Trinajstić information content (AvgIpc) is 3.67. The SMILES string of the molecule is c1ccc(-c2nc(-c3ccc4c5ccc(-c6ccccc6N(c6ccc7ccccc7c6)c6cccc7ccccc67)cc5n(-c5ccccc5)c4c3)nc3ccccc23)cc1. The van der Waals surface area contributed by atoms with Crippen LogP contribution in [-0.4, -0.2) is 14.5 Å². The fraction of sp³-hybridized carbons (Fsp3) is 0. The Morgan fingerprint density at radius 1 is 0.355 bits per heavy atom. The van der Waals surface area contributed by atoms with Crippen molar-refractivity contribution in [2.24, 2.45) is 0 Å². The summed E-state index contributed by atoms with van der Waals surface area (Å²) < 4.78 is 2.39. The van der Waals surface area contributed by atoms with Gasteiger partial charge in [0.1, 0.15) is 0 Å². The van der Waals surface area contributed by atoms with Crippen molar-refractivity contribution in [3.63, 3.8) is 0 Å². The molecule has 0 aliphatic rings. The van der Waals surface area contributed by atoms with Gasteiger partial charge in [-0.3, -0.25) is 0 Å². The molecule has 0 spiro atoms. The highest BCUT2D eigenvalue weighted by molar-refractivity contribution is 6.12. The van der Waals surface area contributed by atoms with E-state index in [1.54, 1.807) is 0 Å². The third-order valence-corrected chi connectivity index (χ3v) is 12.1. The topological polar surface area (TPSA) is 34.0 Å². The molecule has 0 atom stereocenters. The summed E-state index contributed by atoms with van der Waals surface area (Å²) in [6.45, 7) is 0. The number of rotatable bonds is 7. The molecule has 0 unspecified atom stereocenters. The number of anilines is 3. The Balaban J connectivity index is 1.07.